The zero-order valence-electron chi connectivity index (χ0n) is 14.0. The average Bonchev–Trinajstić information content (AvgIpc) is 2.96. The summed E-state index contributed by atoms with van der Waals surface area (Å²) < 4.78 is 5.38. The normalized spacial score (nSPS) is 20.8. The first-order valence-electron chi connectivity index (χ1n) is 8.12. The monoisotopic (exact) mass is 319 g/mol. The lowest BCUT2D eigenvalue weighted by atomic mass is 9.76. The molecule has 1 aromatic rings. The molecule has 1 aliphatic rings. The van der Waals surface area contributed by atoms with Gasteiger partial charge in [-0.3, -0.25) is 9.59 Å². The molecule has 0 radical (unpaired) electrons. The van der Waals surface area contributed by atoms with E-state index < -0.39 is 11.4 Å². The Hall–Kier alpha value is -2.04. The number of rotatable bonds is 6. The maximum Gasteiger partial charge on any atom is 0.311 e. The Labute approximate surface area is 137 Å². The van der Waals surface area contributed by atoms with E-state index >= 15 is 0 Å². The van der Waals surface area contributed by atoms with Gasteiger partial charge in [-0.15, -0.1) is 0 Å². The van der Waals surface area contributed by atoms with Gasteiger partial charge in [-0.05, 0) is 37.0 Å². The Morgan fingerprint density at radius 2 is 1.96 bits per heavy atom. The quantitative estimate of drug-likeness (QED) is 0.875. The van der Waals surface area contributed by atoms with Crippen LogP contribution in [0, 0.1) is 11.3 Å². The van der Waals surface area contributed by atoms with Gasteiger partial charge in [-0.2, -0.15) is 0 Å². The van der Waals surface area contributed by atoms with Gasteiger partial charge in [0.1, 0.15) is 5.75 Å². The van der Waals surface area contributed by atoms with Crippen molar-refractivity contribution < 1.29 is 19.4 Å². The first-order chi connectivity index (χ1) is 10.9. The number of carbonyl (C=O) groups excluding carboxylic acids is 1. The Kier molecular flexibility index (Phi) is 5.29. The maximum atomic E-state index is 12.5. The third kappa shape index (κ3) is 3.66. The lowest BCUT2D eigenvalue weighted by molar-refractivity contribution is -0.151. The molecule has 0 spiro atoms. The van der Waals surface area contributed by atoms with Crippen LogP contribution in [0.25, 0.3) is 0 Å². The molecule has 0 aliphatic carbocycles. The topological polar surface area (TPSA) is 66.8 Å². The van der Waals surface area contributed by atoms with Gasteiger partial charge in [0.2, 0.25) is 5.91 Å². The summed E-state index contributed by atoms with van der Waals surface area (Å²) in [6.07, 6.45) is 0.815. The number of hydrogen-bond acceptors (Lipinski definition) is 3. The van der Waals surface area contributed by atoms with E-state index in [0.29, 0.717) is 32.5 Å². The zero-order valence-corrected chi connectivity index (χ0v) is 14.0. The minimum Gasteiger partial charge on any atom is -0.494 e. The number of nitrogens with zero attached hydrogens (tertiary/aromatic N) is 1. The lowest BCUT2D eigenvalue weighted by Crippen LogP contribution is -2.41. The largest absolute Gasteiger partial charge is 0.494 e. The number of carboxylic acids is 1. The number of carboxylic acid groups (broad SMARTS) is 1. The summed E-state index contributed by atoms with van der Waals surface area (Å²) in [4.78, 5) is 25.8. The number of aliphatic carboxylic acids is 1. The summed E-state index contributed by atoms with van der Waals surface area (Å²) >= 11 is 0. The minimum absolute atomic E-state index is 0.00303. The second-order valence-electron chi connectivity index (χ2n) is 6.44. The van der Waals surface area contributed by atoms with Crippen LogP contribution in [0.15, 0.2) is 24.3 Å². The average molecular weight is 319 g/mol. The molecule has 1 unspecified atom stereocenters. The molecule has 2 rings (SSSR count). The molecule has 1 heterocycles. The third-order valence-electron chi connectivity index (χ3n) is 4.77. The van der Waals surface area contributed by atoms with E-state index in [9.17, 15) is 14.7 Å². The Balaban J connectivity index is 2.00. The summed E-state index contributed by atoms with van der Waals surface area (Å²) in [6, 6.07) is 7.47. The van der Waals surface area contributed by atoms with Crippen molar-refractivity contribution in [1.82, 2.24) is 4.90 Å². The number of likely N-dealkylation sites (tertiary alicyclic amines) is 1. The van der Waals surface area contributed by atoms with Crippen LogP contribution in [-0.2, 0) is 16.0 Å². The number of hydrogen-bond donors (Lipinski definition) is 1. The van der Waals surface area contributed by atoms with E-state index in [1.807, 2.05) is 45.0 Å². The smallest absolute Gasteiger partial charge is 0.311 e. The van der Waals surface area contributed by atoms with E-state index in [1.165, 1.54) is 0 Å². The van der Waals surface area contributed by atoms with Gasteiger partial charge < -0.3 is 14.7 Å². The molecule has 0 aromatic heterocycles. The van der Waals surface area contributed by atoms with Gasteiger partial charge >= 0.3 is 5.97 Å². The van der Waals surface area contributed by atoms with Crippen LogP contribution in [-0.4, -0.2) is 41.6 Å². The van der Waals surface area contributed by atoms with Gasteiger partial charge in [0.25, 0.3) is 0 Å². The second-order valence-corrected chi connectivity index (χ2v) is 6.44. The van der Waals surface area contributed by atoms with Crippen LogP contribution < -0.4 is 4.74 Å². The van der Waals surface area contributed by atoms with E-state index in [0.717, 1.165) is 11.3 Å². The van der Waals surface area contributed by atoms with Crippen molar-refractivity contribution in [3.63, 3.8) is 0 Å². The molecule has 1 amide bonds. The van der Waals surface area contributed by atoms with Gasteiger partial charge in [0, 0.05) is 13.1 Å². The van der Waals surface area contributed by atoms with Crippen molar-refractivity contribution in [1.29, 1.82) is 0 Å². The maximum absolute atomic E-state index is 12.5. The first-order valence-corrected chi connectivity index (χ1v) is 8.12. The highest BCUT2D eigenvalue weighted by Gasteiger charge is 2.48. The van der Waals surface area contributed by atoms with Crippen molar-refractivity contribution in [2.75, 3.05) is 19.7 Å². The predicted molar refractivity (Wildman–Crippen MR) is 87.4 cm³/mol. The van der Waals surface area contributed by atoms with Crippen molar-refractivity contribution in [3.8, 4) is 5.75 Å². The van der Waals surface area contributed by atoms with E-state index in [-0.39, 0.29) is 11.8 Å². The highest BCUT2D eigenvalue weighted by Crippen LogP contribution is 2.38. The standard InChI is InChI=1S/C18H25NO4/c1-4-23-15-7-5-14(6-8-15)11-16(20)19-10-9-18(12-19,13(2)3)17(21)22/h5-8,13H,4,9-12H2,1-3H3,(H,21,22). The molecular weight excluding hydrogens is 294 g/mol. The van der Waals surface area contributed by atoms with Crippen LogP contribution in [0.5, 0.6) is 5.75 Å². The summed E-state index contributed by atoms with van der Waals surface area (Å²) in [5.41, 5.74) is 0.102. The van der Waals surface area contributed by atoms with Gasteiger partial charge in [0.15, 0.2) is 0 Å². The zero-order chi connectivity index (χ0) is 17.0. The van der Waals surface area contributed by atoms with E-state index in [1.54, 1.807) is 4.90 Å². The van der Waals surface area contributed by atoms with Gasteiger partial charge in [0.05, 0.1) is 18.4 Å². The molecule has 1 N–H and O–H groups in total. The molecule has 0 bridgehead atoms. The first kappa shape index (κ1) is 17.3. The summed E-state index contributed by atoms with van der Waals surface area (Å²) in [7, 11) is 0. The Bertz CT molecular complexity index is 567. The Morgan fingerprint density at radius 1 is 1.30 bits per heavy atom. The lowest BCUT2D eigenvalue weighted by Gasteiger charge is -2.28. The summed E-state index contributed by atoms with van der Waals surface area (Å²) in [5.74, 6) is -0.0281. The number of amides is 1. The molecule has 1 saturated heterocycles. The van der Waals surface area contributed by atoms with Crippen molar-refractivity contribution in [2.45, 2.75) is 33.6 Å². The van der Waals surface area contributed by atoms with Crippen molar-refractivity contribution >= 4 is 11.9 Å². The summed E-state index contributed by atoms with van der Waals surface area (Å²) in [5, 5.41) is 9.55. The predicted octanol–water partition coefficient (Wildman–Crippen LogP) is 2.59. The molecule has 1 atom stereocenters. The molecule has 1 fully saturated rings. The molecular formula is C18H25NO4. The fourth-order valence-corrected chi connectivity index (χ4v) is 3.10. The number of carbonyl (C=O) groups is 2. The van der Waals surface area contributed by atoms with E-state index in [2.05, 4.69) is 0 Å². The third-order valence-corrected chi connectivity index (χ3v) is 4.77. The van der Waals surface area contributed by atoms with Crippen LogP contribution in [0.4, 0.5) is 0 Å². The highest BCUT2D eigenvalue weighted by atomic mass is 16.5. The minimum atomic E-state index is -0.811. The van der Waals surface area contributed by atoms with Gasteiger partial charge in [-0.1, -0.05) is 26.0 Å². The highest BCUT2D eigenvalue weighted by molar-refractivity contribution is 5.82. The molecule has 1 aromatic carbocycles. The molecule has 5 heteroatoms. The SMILES string of the molecule is CCOc1ccc(CC(=O)N2CCC(C(=O)O)(C(C)C)C2)cc1. The van der Waals surface area contributed by atoms with Crippen LogP contribution in [0.1, 0.15) is 32.8 Å². The van der Waals surface area contributed by atoms with Gasteiger partial charge in [-0.25, -0.2) is 0 Å². The van der Waals surface area contributed by atoms with Crippen LogP contribution >= 0.6 is 0 Å². The number of benzene rings is 1. The fraction of sp³-hybridized carbons (Fsp3) is 0.556. The molecule has 1 aliphatic heterocycles. The van der Waals surface area contributed by atoms with Crippen LogP contribution in [0.2, 0.25) is 0 Å². The molecule has 5 nitrogen and oxygen atoms in total. The molecule has 126 valence electrons. The second kappa shape index (κ2) is 7.02. The van der Waals surface area contributed by atoms with Crippen molar-refractivity contribution in [2.24, 2.45) is 11.3 Å². The molecule has 23 heavy (non-hydrogen) atoms. The van der Waals surface area contributed by atoms with Crippen molar-refractivity contribution in [3.05, 3.63) is 29.8 Å². The van der Waals surface area contributed by atoms with E-state index in [4.69, 9.17) is 4.74 Å². The number of ether oxygens (including phenoxy) is 1. The Morgan fingerprint density at radius 3 is 2.43 bits per heavy atom. The fourth-order valence-electron chi connectivity index (χ4n) is 3.10. The van der Waals surface area contributed by atoms with Crippen LogP contribution in [0.3, 0.4) is 0 Å². The summed E-state index contributed by atoms with van der Waals surface area (Å²) in [6.45, 7) is 7.17. The molecule has 0 saturated carbocycles.